The van der Waals surface area contributed by atoms with Crippen molar-refractivity contribution >= 4 is 40.1 Å². The number of rotatable bonds is 3. The molecule has 0 spiro atoms. The average Bonchev–Trinajstić information content (AvgIpc) is 3.42. The van der Waals surface area contributed by atoms with Gasteiger partial charge in [-0.25, -0.2) is 0 Å². The third-order valence-electron chi connectivity index (χ3n) is 10.1. The van der Waals surface area contributed by atoms with Crippen LogP contribution in [0.1, 0.15) is 133 Å². The zero-order valence-corrected chi connectivity index (χ0v) is 27.2. The maximum atomic E-state index is 12.5. The van der Waals surface area contributed by atoms with Gasteiger partial charge in [0.2, 0.25) is 0 Å². The second kappa shape index (κ2) is 14.8. The smallest absolute Gasteiger partial charge is 0.261 e. The summed E-state index contributed by atoms with van der Waals surface area (Å²) < 4.78 is 0. The Balaban J connectivity index is 0.000000142. The molecule has 0 atom stereocenters. The summed E-state index contributed by atoms with van der Waals surface area (Å²) in [4.78, 5) is 50.9. The first-order chi connectivity index (χ1) is 21.0. The summed E-state index contributed by atoms with van der Waals surface area (Å²) in [5.41, 5.74) is 6.17. The molecule has 0 aliphatic carbocycles. The third kappa shape index (κ3) is 6.73. The molecule has 4 fully saturated rings. The number of hydrogen-bond acceptors (Lipinski definition) is 4. The molecule has 0 aromatic heterocycles. The van der Waals surface area contributed by atoms with Crippen LogP contribution in [-0.2, 0) is 0 Å². The van der Waals surface area contributed by atoms with Crippen LogP contribution in [0.2, 0.25) is 0 Å². The SMILES string of the molecule is C.C1CC2CCCC(C1)P2.CCN1C(=O)c2ccccc2C1=O.O=C1c2ccccc2C(=O)N1CP1C2CCCC1CCC2. The third-order valence-corrected chi connectivity index (χ3v) is 15.8. The molecule has 2 aromatic rings. The Morgan fingerprint density at radius 2 is 0.932 bits per heavy atom. The van der Waals surface area contributed by atoms with Crippen molar-refractivity contribution < 1.29 is 19.2 Å². The summed E-state index contributed by atoms with van der Waals surface area (Å²) in [6.45, 7) is 2.23. The van der Waals surface area contributed by atoms with Crippen LogP contribution in [0.4, 0.5) is 0 Å². The lowest BCUT2D eigenvalue weighted by Crippen LogP contribution is -2.36. The van der Waals surface area contributed by atoms with E-state index in [9.17, 15) is 19.2 Å². The summed E-state index contributed by atoms with van der Waals surface area (Å²) in [5, 5.41) is 0. The van der Waals surface area contributed by atoms with Gasteiger partial charge in [-0.1, -0.05) is 65.3 Å². The number of nitrogens with zero attached hydrogens (tertiary/aromatic N) is 2. The second-order valence-electron chi connectivity index (χ2n) is 12.7. The highest BCUT2D eigenvalue weighted by atomic mass is 31.1. The Bertz CT molecular complexity index is 1270. The van der Waals surface area contributed by atoms with Gasteiger partial charge in [0, 0.05) is 12.8 Å². The topological polar surface area (TPSA) is 74.8 Å². The molecule has 4 bridgehead atoms. The molecule has 6 aliphatic rings. The summed E-state index contributed by atoms with van der Waals surface area (Å²) in [6, 6.07) is 14.2. The molecule has 6 heterocycles. The highest BCUT2D eigenvalue weighted by Gasteiger charge is 2.42. The van der Waals surface area contributed by atoms with Crippen molar-refractivity contribution in [2.24, 2.45) is 0 Å². The first-order valence-corrected chi connectivity index (χ1v) is 19.2. The molecule has 0 saturated carbocycles. The number of hydrogen-bond donors (Lipinski definition) is 0. The summed E-state index contributed by atoms with van der Waals surface area (Å²) in [6.07, 6.45) is 18.0. The minimum Gasteiger partial charge on any atom is -0.275 e. The minimum atomic E-state index is -0.192. The number of fused-ring (bicyclic) bond motifs is 6. The van der Waals surface area contributed by atoms with E-state index in [0.29, 0.717) is 35.1 Å². The van der Waals surface area contributed by atoms with Crippen molar-refractivity contribution in [1.82, 2.24) is 9.80 Å². The molecule has 4 saturated heterocycles. The standard InChI is InChI=1S/C17H20NO2P.C10H9NO2.C8H15P.CH4/c19-16-14-9-1-2-10-15(14)17(20)18(16)11-21-12-5-3-6-13(21)8-4-7-12;1-2-11-9(12)7-5-3-4-6-8(7)10(11)13;1-3-7-5-2-6-8(4-1)9-7;/h1-2,9-10,12-13H,3-8,11H2;3-6H,2H2,1H3;7-9H,1-6H2;1H4. The summed E-state index contributed by atoms with van der Waals surface area (Å²) in [5.74, 6) is -0.491. The van der Waals surface area contributed by atoms with Gasteiger partial charge >= 0.3 is 0 Å². The van der Waals surface area contributed by atoms with Gasteiger partial charge in [-0.05, 0) is 105 Å². The first-order valence-electron chi connectivity index (χ1n) is 16.4. The van der Waals surface area contributed by atoms with Gasteiger partial charge in [-0.2, -0.15) is 0 Å². The van der Waals surface area contributed by atoms with Crippen molar-refractivity contribution in [2.75, 3.05) is 12.8 Å². The molecule has 0 N–H and O–H groups in total. The van der Waals surface area contributed by atoms with Crippen LogP contribution in [0.3, 0.4) is 0 Å². The molecule has 236 valence electrons. The Kier molecular flexibility index (Phi) is 11.1. The van der Waals surface area contributed by atoms with E-state index in [-0.39, 0.29) is 39.0 Å². The van der Waals surface area contributed by atoms with E-state index in [1.807, 2.05) is 12.1 Å². The van der Waals surface area contributed by atoms with Gasteiger partial charge in [-0.15, -0.1) is 8.58 Å². The largest absolute Gasteiger partial charge is 0.275 e. The molecule has 8 heteroatoms. The zero-order valence-electron chi connectivity index (χ0n) is 25.3. The fourth-order valence-electron chi connectivity index (χ4n) is 7.89. The van der Waals surface area contributed by atoms with Crippen LogP contribution in [0, 0.1) is 0 Å². The predicted molar refractivity (Wildman–Crippen MR) is 182 cm³/mol. The van der Waals surface area contributed by atoms with Crippen molar-refractivity contribution in [1.29, 1.82) is 0 Å². The molecule has 6 aliphatic heterocycles. The van der Waals surface area contributed by atoms with Crippen LogP contribution in [0.15, 0.2) is 48.5 Å². The van der Waals surface area contributed by atoms with Crippen LogP contribution >= 0.6 is 16.5 Å². The highest BCUT2D eigenvalue weighted by molar-refractivity contribution is 7.59. The van der Waals surface area contributed by atoms with Crippen molar-refractivity contribution in [3.63, 3.8) is 0 Å². The van der Waals surface area contributed by atoms with E-state index in [0.717, 1.165) is 11.3 Å². The Morgan fingerprint density at radius 1 is 0.591 bits per heavy atom. The van der Waals surface area contributed by atoms with E-state index in [1.54, 1.807) is 86.7 Å². The second-order valence-corrected chi connectivity index (χ2v) is 17.5. The van der Waals surface area contributed by atoms with Crippen LogP contribution < -0.4 is 0 Å². The summed E-state index contributed by atoms with van der Waals surface area (Å²) >= 11 is 0. The highest BCUT2D eigenvalue weighted by Crippen LogP contribution is 2.60. The van der Waals surface area contributed by atoms with E-state index >= 15 is 0 Å². The Morgan fingerprint density at radius 3 is 1.27 bits per heavy atom. The molecule has 2 aromatic carbocycles. The number of imide groups is 2. The lowest BCUT2D eigenvalue weighted by Gasteiger charge is -2.44. The predicted octanol–water partition coefficient (Wildman–Crippen LogP) is 8.54. The van der Waals surface area contributed by atoms with Crippen molar-refractivity contribution in [3.05, 3.63) is 70.8 Å². The maximum absolute atomic E-state index is 12.5. The number of amides is 4. The van der Waals surface area contributed by atoms with Gasteiger partial charge in [0.1, 0.15) is 0 Å². The quantitative estimate of drug-likeness (QED) is 0.251. The Labute approximate surface area is 266 Å². The van der Waals surface area contributed by atoms with Crippen molar-refractivity contribution in [2.45, 2.75) is 114 Å². The van der Waals surface area contributed by atoms with E-state index < -0.39 is 0 Å². The van der Waals surface area contributed by atoms with Gasteiger partial charge < -0.3 is 0 Å². The zero-order chi connectivity index (χ0) is 29.9. The molecule has 0 unspecified atom stereocenters. The van der Waals surface area contributed by atoms with Gasteiger partial charge in [-0.3, -0.25) is 29.0 Å². The first kappa shape index (κ1) is 33.0. The number of carbonyl (C=O) groups excluding carboxylic acids is 4. The minimum absolute atomic E-state index is 0. The molecule has 6 nitrogen and oxygen atoms in total. The molecule has 0 radical (unpaired) electrons. The maximum Gasteiger partial charge on any atom is 0.261 e. The molecular weight excluding hydrogens is 586 g/mol. The molecular formula is C36H48N2O4P2. The fourth-order valence-corrected chi connectivity index (χ4v) is 13.7. The number of carbonyl (C=O) groups is 4. The molecule has 44 heavy (non-hydrogen) atoms. The fraction of sp³-hybridized carbons (Fsp3) is 0.556. The Hall–Kier alpha value is -2.42. The van der Waals surface area contributed by atoms with E-state index in [1.165, 1.54) is 63.3 Å². The lowest BCUT2D eigenvalue weighted by atomic mass is 9.99. The average molecular weight is 635 g/mol. The number of benzene rings is 2. The van der Waals surface area contributed by atoms with Crippen LogP contribution in [0.5, 0.6) is 0 Å². The van der Waals surface area contributed by atoms with Gasteiger partial charge in [0.15, 0.2) is 0 Å². The van der Waals surface area contributed by atoms with Crippen molar-refractivity contribution in [3.8, 4) is 0 Å². The monoisotopic (exact) mass is 634 g/mol. The van der Waals surface area contributed by atoms with Gasteiger partial charge in [0.25, 0.3) is 23.6 Å². The normalized spacial score (nSPS) is 28.7. The van der Waals surface area contributed by atoms with Crippen LogP contribution in [-0.4, -0.2) is 68.9 Å². The van der Waals surface area contributed by atoms with Crippen LogP contribution in [0.25, 0.3) is 0 Å². The van der Waals surface area contributed by atoms with Gasteiger partial charge in [0.05, 0.1) is 22.3 Å². The van der Waals surface area contributed by atoms with E-state index in [2.05, 4.69) is 0 Å². The summed E-state index contributed by atoms with van der Waals surface area (Å²) in [7, 11) is 1.16. The van der Waals surface area contributed by atoms with E-state index in [4.69, 9.17) is 0 Å². The molecule has 8 rings (SSSR count). The molecule has 4 amide bonds. The lowest BCUT2D eigenvalue weighted by molar-refractivity contribution is 0.0654.